The number of aryl methyl sites for hydroxylation is 1. The van der Waals surface area contributed by atoms with E-state index in [1.54, 1.807) is 11.3 Å². The second-order valence-corrected chi connectivity index (χ2v) is 8.50. The van der Waals surface area contributed by atoms with Crippen molar-refractivity contribution in [3.8, 4) is 0 Å². The van der Waals surface area contributed by atoms with Gasteiger partial charge in [0, 0.05) is 44.6 Å². The monoisotopic (exact) mass is 500 g/mol. The van der Waals surface area contributed by atoms with Gasteiger partial charge in [-0.3, -0.25) is 4.99 Å². The highest BCUT2D eigenvalue weighted by atomic mass is 127. The van der Waals surface area contributed by atoms with Crippen molar-refractivity contribution < 1.29 is 4.74 Å². The van der Waals surface area contributed by atoms with Crippen LogP contribution in [0.15, 0.2) is 29.3 Å². The highest BCUT2D eigenvalue weighted by Gasteiger charge is 2.42. The summed E-state index contributed by atoms with van der Waals surface area (Å²) in [4.78, 5) is 12.0. The topological polar surface area (TPSA) is 49.8 Å². The predicted molar refractivity (Wildman–Crippen MR) is 123 cm³/mol. The first-order valence-corrected chi connectivity index (χ1v) is 10.6. The molecule has 27 heavy (non-hydrogen) atoms. The molecule has 1 unspecified atom stereocenters. The third-order valence-electron chi connectivity index (χ3n) is 5.41. The second-order valence-electron chi connectivity index (χ2n) is 7.39. The highest BCUT2D eigenvalue weighted by molar-refractivity contribution is 14.0. The van der Waals surface area contributed by atoms with Gasteiger partial charge >= 0.3 is 0 Å². The molecule has 2 aliphatic rings. The van der Waals surface area contributed by atoms with Gasteiger partial charge in [-0.15, -0.1) is 35.3 Å². The zero-order valence-electron chi connectivity index (χ0n) is 15.9. The summed E-state index contributed by atoms with van der Waals surface area (Å²) in [6.07, 6.45) is 4.46. The molecule has 1 N–H and O–H groups in total. The average Bonchev–Trinajstić information content (AvgIpc) is 3.38. The molecule has 3 heterocycles. The molecule has 0 bridgehead atoms. The largest absolute Gasteiger partial charge is 0.381 e. The maximum Gasteiger partial charge on any atom is 0.193 e. The molecule has 5 nitrogen and oxygen atoms in total. The molecule has 1 atom stereocenters. The Morgan fingerprint density at radius 3 is 3.04 bits per heavy atom. The summed E-state index contributed by atoms with van der Waals surface area (Å²) in [5.41, 5.74) is 1.49. The van der Waals surface area contributed by atoms with Crippen molar-refractivity contribution in [2.45, 2.75) is 32.6 Å². The number of thiazole rings is 1. The van der Waals surface area contributed by atoms with Crippen LogP contribution in [0, 0.1) is 5.41 Å². The molecule has 0 aliphatic carbocycles. The van der Waals surface area contributed by atoms with Crippen LogP contribution in [0.5, 0.6) is 0 Å². The number of aromatic nitrogens is 1. The van der Waals surface area contributed by atoms with Crippen molar-refractivity contribution in [3.05, 3.63) is 29.3 Å². The molecule has 0 amide bonds. The van der Waals surface area contributed by atoms with Crippen molar-refractivity contribution in [2.75, 3.05) is 39.4 Å². The van der Waals surface area contributed by atoms with E-state index in [2.05, 4.69) is 41.4 Å². The van der Waals surface area contributed by atoms with Crippen LogP contribution in [0.2, 0.25) is 0 Å². The van der Waals surface area contributed by atoms with Gasteiger partial charge in [-0.05, 0) is 38.3 Å². The molecule has 2 fully saturated rings. The van der Waals surface area contributed by atoms with Crippen molar-refractivity contribution >= 4 is 51.5 Å². The molecule has 1 aromatic carbocycles. The number of ether oxygens (including phenoxy) is 1. The summed E-state index contributed by atoms with van der Waals surface area (Å²) < 4.78 is 6.93. The number of halogens is 1. The average molecular weight is 500 g/mol. The van der Waals surface area contributed by atoms with E-state index < -0.39 is 0 Å². The Hall–Kier alpha value is -0.930. The number of rotatable bonds is 5. The Labute approximate surface area is 182 Å². The molecule has 2 aliphatic heterocycles. The lowest BCUT2D eigenvalue weighted by Gasteiger charge is -2.24. The van der Waals surface area contributed by atoms with E-state index in [0.29, 0.717) is 5.41 Å². The zero-order valence-corrected chi connectivity index (χ0v) is 19.1. The Balaban J connectivity index is 0.00000210. The fourth-order valence-corrected chi connectivity index (χ4v) is 4.96. The first kappa shape index (κ1) is 20.8. The third-order valence-corrected chi connectivity index (χ3v) is 6.50. The van der Waals surface area contributed by atoms with Crippen LogP contribution in [0.1, 0.15) is 31.2 Å². The fraction of sp³-hybridized carbons (Fsp3) is 0.600. The lowest BCUT2D eigenvalue weighted by atomic mass is 9.87. The van der Waals surface area contributed by atoms with Gasteiger partial charge in [-0.1, -0.05) is 12.1 Å². The van der Waals surface area contributed by atoms with Crippen LogP contribution in [0.3, 0.4) is 0 Å². The molecule has 2 saturated heterocycles. The molecule has 0 saturated carbocycles. The highest BCUT2D eigenvalue weighted by Crippen LogP contribution is 2.38. The van der Waals surface area contributed by atoms with E-state index in [4.69, 9.17) is 14.7 Å². The lowest BCUT2D eigenvalue weighted by Crippen LogP contribution is -2.41. The normalized spacial score (nSPS) is 22.6. The molecular weight excluding hydrogens is 471 g/mol. The van der Waals surface area contributed by atoms with E-state index >= 15 is 0 Å². The molecule has 0 radical (unpaired) electrons. The second kappa shape index (κ2) is 9.52. The Kier molecular flexibility index (Phi) is 7.33. The number of nitrogens with zero attached hydrogens (tertiary/aromatic N) is 3. The number of guanidine groups is 1. The van der Waals surface area contributed by atoms with Crippen molar-refractivity contribution in [1.82, 2.24) is 15.2 Å². The van der Waals surface area contributed by atoms with Gasteiger partial charge in [-0.25, -0.2) is 4.98 Å². The van der Waals surface area contributed by atoms with E-state index in [1.165, 1.54) is 22.5 Å². The number of benzene rings is 1. The number of fused-ring (bicyclic) bond motifs is 1. The smallest absolute Gasteiger partial charge is 0.193 e. The van der Waals surface area contributed by atoms with Gasteiger partial charge in [-0.2, -0.15) is 0 Å². The van der Waals surface area contributed by atoms with Crippen LogP contribution in [0.25, 0.3) is 10.2 Å². The molecule has 2 aromatic rings. The fourth-order valence-electron chi connectivity index (χ4n) is 3.96. The first-order chi connectivity index (χ1) is 12.8. The van der Waals surface area contributed by atoms with Crippen molar-refractivity contribution in [1.29, 1.82) is 0 Å². The van der Waals surface area contributed by atoms with Gasteiger partial charge in [0.15, 0.2) is 5.96 Å². The molecule has 148 valence electrons. The number of hydrogen-bond acceptors (Lipinski definition) is 4. The molecule has 4 rings (SSSR count). The summed E-state index contributed by atoms with van der Waals surface area (Å²) in [7, 11) is 0. The number of likely N-dealkylation sites (tertiary alicyclic amines) is 1. The summed E-state index contributed by atoms with van der Waals surface area (Å²) in [5, 5.41) is 4.69. The van der Waals surface area contributed by atoms with Crippen LogP contribution < -0.4 is 5.32 Å². The maximum absolute atomic E-state index is 5.65. The van der Waals surface area contributed by atoms with Crippen LogP contribution in [0.4, 0.5) is 0 Å². The van der Waals surface area contributed by atoms with E-state index in [-0.39, 0.29) is 24.0 Å². The maximum atomic E-state index is 5.65. The van der Waals surface area contributed by atoms with Gasteiger partial charge < -0.3 is 15.0 Å². The van der Waals surface area contributed by atoms with Gasteiger partial charge in [0.05, 0.1) is 21.8 Å². The van der Waals surface area contributed by atoms with Gasteiger partial charge in [0.2, 0.25) is 0 Å². The quantitative estimate of drug-likeness (QED) is 0.293. The van der Waals surface area contributed by atoms with Crippen LogP contribution in [-0.2, 0) is 11.2 Å². The van der Waals surface area contributed by atoms with Gasteiger partial charge in [0.25, 0.3) is 0 Å². The number of para-hydroxylation sites is 1. The summed E-state index contributed by atoms with van der Waals surface area (Å²) in [6.45, 7) is 7.91. The number of aliphatic imine (C=N–C) groups is 1. The van der Waals surface area contributed by atoms with Crippen molar-refractivity contribution in [3.63, 3.8) is 0 Å². The molecule has 1 aromatic heterocycles. The van der Waals surface area contributed by atoms with Crippen LogP contribution in [-0.4, -0.2) is 55.2 Å². The predicted octanol–water partition coefficient (Wildman–Crippen LogP) is 3.92. The summed E-state index contributed by atoms with van der Waals surface area (Å²) in [5.74, 6) is 1.07. The molecule has 7 heteroatoms. The Morgan fingerprint density at radius 2 is 2.26 bits per heavy atom. The first-order valence-electron chi connectivity index (χ1n) is 9.73. The standard InChI is InChI=1S/C20H28N4OS.HI/c1-2-21-19(24-12-9-20(14-24)10-13-25-15-20)22-11-5-8-18-23-16-6-3-4-7-17(16)26-18;/h3-4,6-7H,2,5,8-15H2,1H3,(H,21,22);1H. The zero-order chi connectivity index (χ0) is 17.8. The SMILES string of the molecule is CCNC(=NCCCc1nc2ccccc2s1)N1CCC2(CCOC2)C1.I. The minimum absolute atomic E-state index is 0. The van der Waals surface area contributed by atoms with Gasteiger partial charge in [0.1, 0.15) is 0 Å². The summed E-state index contributed by atoms with van der Waals surface area (Å²) >= 11 is 1.80. The molecular formula is C20H29IN4OS. The molecule has 1 spiro atoms. The third kappa shape index (κ3) is 4.92. The summed E-state index contributed by atoms with van der Waals surface area (Å²) in [6, 6.07) is 8.37. The van der Waals surface area contributed by atoms with Crippen LogP contribution >= 0.6 is 35.3 Å². The van der Waals surface area contributed by atoms with E-state index in [1.807, 2.05) is 0 Å². The van der Waals surface area contributed by atoms with Crippen molar-refractivity contribution in [2.24, 2.45) is 10.4 Å². The Morgan fingerprint density at radius 1 is 1.37 bits per heavy atom. The lowest BCUT2D eigenvalue weighted by molar-refractivity contribution is 0.156. The minimum Gasteiger partial charge on any atom is -0.381 e. The van der Waals surface area contributed by atoms with E-state index in [9.17, 15) is 0 Å². The Bertz CT molecular complexity index is 739. The van der Waals surface area contributed by atoms with E-state index in [0.717, 1.165) is 63.7 Å². The minimum atomic E-state index is 0. The number of nitrogens with one attached hydrogen (secondary N) is 1. The number of hydrogen-bond donors (Lipinski definition) is 1.